The molecule has 2 aromatic rings. The summed E-state index contributed by atoms with van der Waals surface area (Å²) in [4.78, 5) is 23.0. The summed E-state index contributed by atoms with van der Waals surface area (Å²) in [7, 11) is 1.64. The van der Waals surface area contributed by atoms with Crippen LogP contribution in [0.5, 0.6) is 0 Å². The number of hydrogen-bond acceptors (Lipinski definition) is 8. The number of carbonyl (C=O) groups is 1. The molecule has 1 aliphatic rings. The fraction of sp³-hybridized carbons (Fsp3) is 0.667. The number of carbonyl (C=O) groups excluding carboxylic acids is 1. The van der Waals surface area contributed by atoms with Crippen LogP contribution in [0.3, 0.4) is 0 Å². The standard InChI is InChI=1S/C15H22N6O3S/c1-10-16-15(19-18-10)25-9-13(22)21-6-3-4-11(8-21)14-17-12(20-24-14)5-7-23-2/h11H,3-9H2,1-2H3,(H,16,18,19)/t11-/m0/s1. The first-order valence-electron chi connectivity index (χ1n) is 8.26. The van der Waals surface area contributed by atoms with Gasteiger partial charge in [-0.1, -0.05) is 16.9 Å². The number of aryl methyl sites for hydroxylation is 1. The Morgan fingerprint density at radius 1 is 1.48 bits per heavy atom. The number of aromatic nitrogens is 5. The number of nitrogens with zero attached hydrogens (tertiary/aromatic N) is 5. The molecular formula is C15H22N6O3S. The van der Waals surface area contributed by atoms with E-state index in [2.05, 4.69) is 25.3 Å². The van der Waals surface area contributed by atoms with Gasteiger partial charge in [0.15, 0.2) is 5.82 Å². The fourth-order valence-electron chi connectivity index (χ4n) is 2.74. The molecule has 25 heavy (non-hydrogen) atoms. The van der Waals surface area contributed by atoms with Gasteiger partial charge in [0.1, 0.15) is 5.82 Å². The summed E-state index contributed by atoms with van der Waals surface area (Å²) in [6, 6.07) is 0. The predicted molar refractivity (Wildman–Crippen MR) is 90.3 cm³/mol. The minimum Gasteiger partial charge on any atom is -0.384 e. The van der Waals surface area contributed by atoms with Crippen LogP contribution in [-0.2, 0) is 16.0 Å². The number of H-pyrrole nitrogens is 1. The molecule has 3 heterocycles. The molecule has 1 N–H and O–H groups in total. The van der Waals surface area contributed by atoms with Crippen LogP contribution >= 0.6 is 11.8 Å². The van der Waals surface area contributed by atoms with Crippen molar-refractivity contribution >= 4 is 17.7 Å². The van der Waals surface area contributed by atoms with Crippen LogP contribution in [0.1, 0.15) is 36.3 Å². The Kier molecular flexibility index (Phi) is 6.03. The molecule has 1 aliphatic heterocycles. The molecule has 0 spiro atoms. The molecule has 9 nitrogen and oxygen atoms in total. The van der Waals surface area contributed by atoms with Gasteiger partial charge in [0.2, 0.25) is 17.0 Å². The van der Waals surface area contributed by atoms with Crippen molar-refractivity contribution in [2.75, 3.05) is 32.6 Å². The van der Waals surface area contributed by atoms with Crippen LogP contribution in [0.2, 0.25) is 0 Å². The molecule has 3 rings (SSSR count). The smallest absolute Gasteiger partial charge is 0.233 e. The maximum atomic E-state index is 12.5. The largest absolute Gasteiger partial charge is 0.384 e. The van der Waals surface area contributed by atoms with Gasteiger partial charge in [0.25, 0.3) is 0 Å². The second-order valence-corrected chi connectivity index (χ2v) is 6.91. The molecule has 0 aromatic carbocycles. The number of likely N-dealkylation sites (tertiary alicyclic amines) is 1. The van der Waals surface area contributed by atoms with E-state index in [4.69, 9.17) is 9.26 Å². The van der Waals surface area contributed by atoms with Crippen molar-refractivity contribution in [3.8, 4) is 0 Å². The van der Waals surface area contributed by atoms with Gasteiger partial charge in [-0.2, -0.15) is 4.98 Å². The van der Waals surface area contributed by atoms with Crippen molar-refractivity contribution in [1.29, 1.82) is 0 Å². The van der Waals surface area contributed by atoms with Crippen LogP contribution in [-0.4, -0.2) is 68.7 Å². The second kappa shape index (κ2) is 8.43. The van der Waals surface area contributed by atoms with Gasteiger partial charge < -0.3 is 14.2 Å². The molecule has 1 fully saturated rings. The highest BCUT2D eigenvalue weighted by molar-refractivity contribution is 7.99. The Hall–Kier alpha value is -1.94. The number of methoxy groups -OCH3 is 1. The molecule has 10 heteroatoms. The lowest BCUT2D eigenvalue weighted by atomic mass is 9.98. The Balaban J connectivity index is 1.53. The molecule has 2 aromatic heterocycles. The van der Waals surface area contributed by atoms with Crippen molar-refractivity contribution in [2.24, 2.45) is 0 Å². The monoisotopic (exact) mass is 366 g/mol. The number of hydrogen-bond donors (Lipinski definition) is 1. The number of nitrogens with one attached hydrogen (secondary N) is 1. The van der Waals surface area contributed by atoms with Crippen LogP contribution in [0.15, 0.2) is 9.68 Å². The molecule has 0 aliphatic carbocycles. The van der Waals surface area contributed by atoms with Crippen molar-refractivity contribution in [3.63, 3.8) is 0 Å². The van der Waals surface area contributed by atoms with Crippen LogP contribution in [0, 0.1) is 6.92 Å². The fourth-order valence-corrected chi connectivity index (χ4v) is 3.48. The van der Waals surface area contributed by atoms with Crippen molar-refractivity contribution in [3.05, 3.63) is 17.5 Å². The highest BCUT2D eigenvalue weighted by atomic mass is 32.2. The van der Waals surface area contributed by atoms with Crippen LogP contribution in [0.25, 0.3) is 0 Å². The molecule has 1 amide bonds. The lowest BCUT2D eigenvalue weighted by molar-refractivity contribution is -0.129. The van der Waals surface area contributed by atoms with E-state index in [0.717, 1.165) is 25.2 Å². The van der Waals surface area contributed by atoms with Crippen LogP contribution in [0.4, 0.5) is 0 Å². The molecular weight excluding hydrogens is 344 g/mol. The van der Waals surface area contributed by atoms with Gasteiger partial charge in [-0.25, -0.2) is 4.98 Å². The van der Waals surface area contributed by atoms with Crippen LogP contribution < -0.4 is 0 Å². The van der Waals surface area contributed by atoms with E-state index in [0.29, 0.717) is 42.2 Å². The summed E-state index contributed by atoms with van der Waals surface area (Å²) in [5.74, 6) is 2.51. The quantitative estimate of drug-likeness (QED) is 0.728. The first-order chi connectivity index (χ1) is 12.2. The predicted octanol–water partition coefficient (Wildman–Crippen LogP) is 1.18. The minimum absolute atomic E-state index is 0.0799. The van der Waals surface area contributed by atoms with Gasteiger partial charge in [0.05, 0.1) is 18.3 Å². The minimum atomic E-state index is 0.0799. The molecule has 0 bridgehead atoms. The Morgan fingerprint density at radius 2 is 2.36 bits per heavy atom. The zero-order valence-electron chi connectivity index (χ0n) is 14.4. The number of thioether (sulfide) groups is 1. The van der Waals surface area contributed by atoms with Gasteiger partial charge in [-0.3, -0.25) is 9.89 Å². The van der Waals surface area contributed by atoms with E-state index >= 15 is 0 Å². The van der Waals surface area contributed by atoms with Crippen molar-refractivity contribution in [1.82, 2.24) is 30.2 Å². The van der Waals surface area contributed by atoms with E-state index in [1.807, 2.05) is 11.8 Å². The lowest BCUT2D eigenvalue weighted by Gasteiger charge is -2.30. The number of amides is 1. The van der Waals surface area contributed by atoms with Gasteiger partial charge in [0, 0.05) is 26.6 Å². The van der Waals surface area contributed by atoms with Crippen molar-refractivity contribution in [2.45, 2.75) is 37.3 Å². The lowest BCUT2D eigenvalue weighted by Crippen LogP contribution is -2.40. The van der Waals surface area contributed by atoms with E-state index in [1.165, 1.54) is 11.8 Å². The average molecular weight is 366 g/mol. The van der Waals surface area contributed by atoms with E-state index in [1.54, 1.807) is 7.11 Å². The van der Waals surface area contributed by atoms with E-state index in [9.17, 15) is 4.79 Å². The summed E-state index contributed by atoms with van der Waals surface area (Å²) in [5.41, 5.74) is 0. The van der Waals surface area contributed by atoms with Gasteiger partial charge in [-0.05, 0) is 19.8 Å². The topological polar surface area (TPSA) is 110 Å². The maximum absolute atomic E-state index is 12.5. The molecule has 0 saturated carbocycles. The zero-order chi connectivity index (χ0) is 17.6. The summed E-state index contributed by atoms with van der Waals surface area (Å²) < 4.78 is 10.4. The first-order valence-corrected chi connectivity index (χ1v) is 9.25. The van der Waals surface area contributed by atoms with Gasteiger partial charge >= 0.3 is 0 Å². The molecule has 136 valence electrons. The van der Waals surface area contributed by atoms with Gasteiger partial charge in [-0.15, -0.1) is 5.10 Å². The highest BCUT2D eigenvalue weighted by Crippen LogP contribution is 2.26. The van der Waals surface area contributed by atoms with Crippen molar-refractivity contribution < 1.29 is 14.1 Å². The summed E-state index contributed by atoms with van der Waals surface area (Å²) >= 11 is 1.34. The third kappa shape index (κ3) is 4.79. The first kappa shape index (κ1) is 17.9. The van der Waals surface area contributed by atoms with E-state index < -0.39 is 0 Å². The molecule has 0 radical (unpaired) electrons. The van der Waals surface area contributed by atoms with E-state index in [-0.39, 0.29) is 11.8 Å². The molecule has 1 atom stereocenters. The summed E-state index contributed by atoms with van der Waals surface area (Å²) in [6.07, 6.45) is 2.50. The Labute approximate surface area is 149 Å². The highest BCUT2D eigenvalue weighted by Gasteiger charge is 2.28. The third-order valence-corrected chi connectivity index (χ3v) is 4.87. The zero-order valence-corrected chi connectivity index (χ0v) is 15.2. The summed E-state index contributed by atoms with van der Waals surface area (Å²) in [5, 5.41) is 11.4. The average Bonchev–Trinajstić information content (AvgIpc) is 3.27. The Morgan fingerprint density at radius 3 is 3.12 bits per heavy atom. The number of piperidine rings is 1. The maximum Gasteiger partial charge on any atom is 0.233 e. The molecule has 0 unspecified atom stereocenters. The number of ether oxygens (including phenoxy) is 1. The number of rotatable bonds is 7. The third-order valence-electron chi connectivity index (χ3n) is 4.04. The SMILES string of the molecule is COCCc1noc([C@H]2CCCN(C(=O)CSc3n[nH]c(C)n3)C2)n1. The molecule has 1 saturated heterocycles. The Bertz CT molecular complexity index is 703. The normalized spacial score (nSPS) is 17.8. The second-order valence-electron chi connectivity index (χ2n) is 5.96. The summed E-state index contributed by atoms with van der Waals surface area (Å²) in [6.45, 7) is 3.76. The number of aromatic amines is 1.